The molecule has 1 saturated heterocycles. The second-order valence-electron chi connectivity index (χ2n) is 7.71. The van der Waals surface area contributed by atoms with Gasteiger partial charge in [0.1, 0.15) is 0 Å². The number of rotatable bonds is 8. The minimum absolute atomic E-state index is 0.00952. The van der Waals surface area contributed by atoms with Crippen LogP contribution in [0.1, 0.15) is 69.5 Å². The van der Waals surface area contributed by atoms with Gasteiger partial charge in [-0.1, -0.05) is 32.0 Å². The van der Waals surface area contributed by atoms with Gasteiger partial charge in [0.2, 0.25) is 5.78 Å². The van der Waals surface area contributed by atoms with Crippen molar-refractivity contribution in [2.75, 3.05) is 19.0 Å². The van der Waals surface area contributed by atoms with Gasteiger partial charge < -0.3 is 13.9 Å². The molecule has 2 fully saturated rings. The standard InChI is InChI=1S/C19H29N3O5S/c1-13(2)8-9-15(23)17-22(18(24)20-14-6-4-3-5-7-14)21-19(27-17)28-12-16-25-10-11-26-16/h13-14,16H,3-12H2,1-2H3/p+1. The molecule has 0 aromatic carbocycles. The lowest BCUT2D eigenvalue weighted by Gasteiger charge is -2.17. The third-order valence-electron chi connectivity index (χ3n) is 4.90. The minimum atomic E-state index is -0.399. The van der Waals surface area contributed by atoms with E-state index >= 15 is 0 Å². The second-order valence-corrected chi connectivity index (χ2v) is 8.68. The second kappa shape index (κ2) is 10.4. The van der Waals surface area contributed by atoms with Gasteiger partial charge >= 0.3 is 11.9 Å². The fraction of sp³-hybridized carbons (Fsp3) is 0.789. The number of nitrogens with one attached hydrogen (secondary N) is 1. The zero-order chi connectivity index (χ0) is 19.9. The van der Waals surface area contributed by atoms with E-state index < -0.39 is 6.03 Å². The Bertz CT molecular complexity index is 667. The fourth-order valence-electron chi connectivity index (χ4n) is 3.30. The molecule has 2 aliphatic rings. The van der Waals surface area contributed by atoms with Crippen molar-refractivity contribution < 1.29 is 28.2 Å². The van der Waals surface area contributed by atoms with Crippen molar-refractivity contribution in [3.63, 3.8) is 0 Å². The summed E-state index contributed by atoms with van der Waals surface area (Å²) in [4.78, 5) is 25.4. The van der Waals surface area contributed by atoms with Gasteiger partial charge in [0.15, 0.2) is 6.29 Å². The van der Waals surface area contributed by atoms with Crippen LogP contribution in [-0.4, -0.2) is 48.2 Å². The number of carbonyl (C=O) groups excluding carboxylic acids is 2. The molecule has 1 amide bonds. The van der Waals surface area contributed by atoms with Crippen LogP contribution in [0.15, 0.2) is 9.64 Å². The summed E-state index contributed by atoms with van der Waals surface area (Å²) in [6.45, 7) is 5.25. The van der Waals surface area contributed by atoms with Crippen LogP contribution in [-0.2, 0) is 9.47 Å². The van der Waals surface area contributed by atoms with Crippen LogP contribution in [0.4, 0.5) is 4.79 Å². The summed E-state index contributed by atoms with van der Waals surface area (Å²) >= 11 is 1.28. The van der Waals surface area contributed by atoms with Gasteiger partial charge in [0.05, 0.1) is 25.0 Å². The number of amides is 1. The minimum Gasteiger partial charge on any atom is -0.390 e. The van der Waals surface area contributed by atoms with E-state index in [2.05, 4.69) is 24.3 Å². The van der Waals surface area contributed by atoms with Crippen LogP contribution in [0.3, 0.4) is 0 Å². The molecule has 1 N–H and O–H groups in total. The highest BCUT2D eigenvalue weighted by Gasteiger charge is 2.33. The normalized spacial score (nSPS) is 18.7. The van der Waals surface area contributed by atoms with Gasteiger partial charge in [0, 0.05) is 6.42 Å². The Labute approximate surface area is 169 Å². The number of nitrogens with zero attached hydrogens (tertiary/aromatic N) is 2. The summed E-state index contributed by atoms with van der Waals surface area (Å²) in [7, 11) is 0. The first-order chi connectivity index (χ1) is 13.5. The number of hydrogen-bond acceptors (Lipinski definition) is 7. The van der Waals surface area contributed by atoms with Crippen molar-refractivity contribution in [3.05, 3.63) is 5.89 Å². The highest BCUT2D eigenvalue weighted by Crippen LogP contribution is 2.21. The maximum absolute atomic E-state index is 12.8. The Balaban J connectivity index is 1.70. The predicted molar refractivity (Wildman–Crippen MR) is 102 cm³/mol. The van der Waals surface area contributed by atoms with E-state index in [1.807, 2.05) is 0 Å². The predicted octanol–water partition coefficient (Wildman–Crippen LogP) is 2.94. The largest absolute Gasteiger partial charge is 0.520 e. The maximum atomic E-state index is 12.8. The summed E-state index contributed by atoms with van der Waals surface area (Å²) < 4.78 is 17.6. The number of hydrogen-bond donors (Lipinski definition) is 1. The van der Waals surface area contributed by atoms with Crippen molar-refractivity contribution in [2.45, 2.75) is 76.3 Å². The number of carbonyl (C=O) groups is 2. The monoisotopic (exact) mass is 412 g/mol. The Kier molecular flexibility index (Phi) is 7.87. The van der Waals surface area contributed by atoms with Gasteiger partial charge in [-0.3, -0.25) is 4.79 Å². The van der Waals surface area contributed by atoms with Gasteiger partial charge in [-0.25, -0.2) is 5.32 Å². The molecule has 0 unspecified atom stereocenters. The van der Waals surface area contributed by atoms with Gasteiger partial charge in [-0.2, -0.15) is 4.79 Å². The summed E-state index contributed by atoms with van der Waals surface area (Å²) in [6.07, 6.45) is 6.07. The number of thioether (sulfide) groups is 1. The molecule has 1 aromatic heterocycles. The van der Waals surface area contributed by atoms with E-state index in [1.54, 1.807) is 0 Å². The van der Waals surface area contributed by atoms with Crippen molar-refractivity contribution >= 4 is 23.6 Å². The van der Waals surface area contributed by atoms with Gasteiger partial charge in [-0.05, 0) is 47.8 Å². The van der Waals surface area contributed by atoms with Crippen LogP contribution in [0.2, 0.25) is 0 Å². The first-order valence-electron chi connectivity index (χ1n) is 10.2. The summed E-state index contributed by atoms with van der Waals surface area (Å²) in [5, 5.41) is 7.52. The maximum Gasteiger partial charge on any atom is 0.520 e. The quantitative estimate of drug-likeness (QED) is 0.398. The zero-order valence-corrected chi connectivity index (χ0v) is 17.5. The lowest BCUT2D eigenvalue weighted by molar-refractivity contribution is -0.640. The van der Waals surface area contributed by atoms with Crippen molar-refractivity contribution in [2.24, 2.45) is 5.92 Å². The Morgan fingerprint density at radius 2 is 1.93 bits per heavy atom. The topological polar surface area (TPSA) is 94.5 Å². The third kappa shape index (κ3) is 6.02. The summed E-state index contributed by atoms with van der Waals surface area (Å²) in [6, 6.07) is -0.274. The van der Waals surface area contributed by atoms with E-state index in [4.69, 9.17) is 13.9 Å². The van der Waals surface area contributed by atoms with Crippen LogP contribution in [0.5, 0.6) is 0 Å². The molecule has 1 saturated carbocycles. The van der Waals surface area contributed by atoms with E-state index in [0.717, 1.165) is 36.8 Å². The van der Waals surface area contributed by atoms with Crippen LogP contribution >= 0.6 is 11.8 Å². The molecule has 1 aliphatic carbocycles. The number of ether oxygens (including phenoxy) is 2. The average Bonchev–Trinajstić information content (AvgIpc) is 3.35. The molecular weight excluding hydrogens is 382 g/mol. The third-order valence-corrected chi connectivity index (χ3v) is 5.75. The van der Waals surface area contributed by atoms with Gasteiger partial charge in [0.25, 0.3) is 5.22 Å². The van der Waals surface area contributed by atoms with E-state index in [9.17, 15) is 9.59 Å². The Morgan fingerprint density at radius 3 is 2.61 bits per heavy atom. The molecule has 3 rings (SSSR count). The highest BCUT2D eigenvalue weighted by molar-refractivity contribution is 7.99. The smallest absolute Gasteiger partial charge is 0.390 e. The number of aromatic nitrogens is 2. The highest BCUT2D eigenvalue weighted by atomic mass is 32.2. The number of Topliss-reactive ketones (excluding diaryl/α,β-unsaturated/α-hetero) is 1. The van der Waals surface area contributed by atoms with Crippen molar-refractivity contribution in [1.82, 2.24) is 10.4 Å². The number of ketones is 1. The van der Waals surface area contributed by atoms with E-state index in [0.29, 0.717) is 31.3 Å². The molecule has 1 aliphatic heterocycles. The molecular formula is C19H30N3O5S+. The van der Waals surface area contributed by atoms with Crippen molar-refractivity contribution in [3.8, 4) is 0 Å². The molecule has 8 nitrogen and oxygen atoms in total. The lowest BCUT2D eigenvalue weighted by Crippen LogP contribution is -2.57. The first-order valence-corrected chi connectivity index (χ1v) is 11.1. The molecule has 0 atom stereocenters. The molecule has 2 heterocycles. The van der Waals surface area contributed by atoms with Crippen LogP contribution < -0.4 is 10.00 Å². The summed E-state index contributed by atoms with van der Waals surface area (Å²) in [5.74, 6) is 0.663. The molecule has 0 spiro atoms. The van der Waals surface area contributed by atoms with Gasteiger partial charge in [-0.15, -0.1) is 0 Å². The van der Waals surface area contributed by atoms with Crippen molar-refractivity contribution in [1.29, 1.82) is 0 Å². The Morgan fingerprint density at radius 1 is 1.21 bits per heavy atom. The first kappa shape index (κ1) is 21.3. The molecule has 0 bridgehead atoms. The van der Waals surface area contributed by atoms with Crippen LogP contribution in [0.25, 0.3) is 0 Å². The average molecular weight is 413 g/mol. The van der Waals surface area contributed by atoms with Crippen LogP contribution in [0, 0.1) is 5.92 Å². The molecule has 9 heteroatoms. The van der Waals surface area contributed by atoms with E-state index in [1.165, 1.54) is 18.2 Å². The zero-order valence-electron chi connectivity index (χ0n) is 16.6. The summed E-state index contributed by atoms with van der Waals surface area (Å²) in [5.41, 5.74) is 0. The molecule has 28 heavy (non-hydrogen) atoms. The van der Waals surface area contributed by atoms with E-state index in [-0.39, 0.29) is 29.2 Å². The lowest BCUT2D eigenvalue weighted by atomic mass is 9.96. The molecule has 1 aromatic rings. The Hall–Kier alpha value is -1.45. The fourth-order valence-corrected chi connectivity index (χ4v) is 4.04. The molecule has 0 radical (unpaired) electrons. The SMILES string of the molecule is CC(C)CCC(=O)c1oc(SCC2OCCO2)n[n+]1C(=O)NC1CCCCC1. The molecule has 156 valence electrons.